The van der Waals surface area contributed by atoms with Crippen LogP contribution in [-0.4, -0.2) is 20.7 Å². The maximum Gasteiger partial charge on any atom is 0.277 e. The second-order valence-corrected chi connectivity index (χ2v) is 7.47. The monoisotopic (exact) mass is 380 g/mol. The molecule has 0 spiro atoms. The second kappa shape index (κ2) is 7.44. The molecule has 4 rings (SSSR count). The molecule has 1 amide bonds. The fraction of sp³-hybridized carbons (Fsp3) is 0.300. The number of aromatic nitrogens is 3. The summed E-state index contributed by atoms with van der Waals surface area (Å²) in [5.41, 5.74) is 4.75. The predicted octanol–water partition coefficient (Wildman–Crippen LogP) is 3.52. The molecule has 0 bridgehead atoms. The van der Waals surface area contributed by atoms with E-state index >= 15 is 0 Å². The average Bonchev–Trinajstić information content (AvgIpc) is 3.32. The number of nitrogens with one attached hydrogen (secondary N) is 1. The summed E-state index contributed by atoms with van der Waals surface area (Å²) in [4.78, 5) is 28.7. The van der Waals surface area contributed by atoms with Gasteiger partial charge in [0.25, 0.3) is 11.5 Å². The molecule has 0 aliphatic heterocycles. The highest BCUT2D eigenvalue weighted by molar-refractivity contribution is 7.14. The van der Waals surface area contributed by atoms with Crippen molar-refractivity contribution in [2.75, 3.05) is 5.32 Å². The number of thiazole rings is 1. The van der Waals surface area contributed by atoms with Crippen molar-refractivity contribution in [2.24, 2.45) is 0 Å². The van der Waals surface area contributed by atoms with Gasteiger partial charge in [-0.3, -0.25) is 14.9 Å². The van der Waals surface area contributed by atoms with Crippen LogP contribution in [-0.2, 0) is 19.4 Å². The van der Waals surface area contributed by atoms with Gasteiger partial charge in [-0.15, -0.1) is 11.3 Å². The van der Waals surface area contributed by atoms with Crippen LogP contribution in [0.25, 0.3) is 11.3 Å². The molecule has 0 unspecified atom stereocenters. The normalized spacial score (nSPS) is 12.8. The molecule has 1 aliphatic rings. The summed E-state index contributed by atoms with van der Waals surface area (Å²) < 4.78 is 1.31. The molecule has 0 saturated carbocycles. The molecule has 6 nitrogen and oxygen atoms in total. The first-order chi connectivity index (χ1) is 13.1. The number of anilines is 1. The minimum absolute atomic E-state index is 0.206. The quantitative estimate of drug-likeness (QED) is 0.735. The first-order valence-electron chi connectivity index (χ1n) is 9.11. The lowest BCUT2D eigenvalue weighted by Gasteiger charge is -2.05. The maximum atomic E-state index is 12.5. The van der Waals surface area contributed by atoms with Gasteiger partial charge in [0.15, 0.2) is 5.13 Å². The summed E-state index contributed by atoms with van der Waals surface area (Å²) in [6, 6.07) is 9.28. The number of carbonyl (C=O) groups is 1. The van der Waals surface area contributed by atoms with Crippen LogP contribution >= 0.6 is 11.3 Å². The van der Waals surface area contributed by atoms with E-state index in [2.05, 4.69) is 33.6 Å². The smallest absolute Gasteiger partial charge is 0.277 e. The molecule has 2 heterocycles. The van der Waals surface area contributed by atoms with Gasteiger partial charge in [0, 0.05) is 23.6 Å². The zero-order valence-corrected chi connectivity index (χ0v) is 15.9. The summed E-state index contributed by atoms with van der Waals surface area (Å²) in [5.74, 6) is -0.366. The highest BCUT2D eigenvalue weighted by Gasteiger charge is 2.15. The van der Waals surface area contributed by atoms with Crippen molar-refractivity contribution in [1.29, 1.82) is 0 Å². The lowest BCUT2D eigenvalue weighted by molar-refractivity contribution is 0.101. The lowest BCUT2D eigenvalue weighted by atomic mass is 10.1. The number of carbonyl (C=O) groups excluding carboxylic acids is 1. The highest BCUT2D eigenvalue weighted by atomic mass is 32.1. The number of benzene rings is 1. The van der Waals surface area contributed by atoms with Crippen LogP contribution in [0.4, 0.5) is 5.13 Å². The third kappa shape index (κ3) is 3.68. The van der Waals surface area contributed by atoms with Crippen molar-refractivity contribution in [2.45, 2.75) is 39.2 Å². The molecule has 138 valence electrons. The summed E-state index contributed by atoms with van der Waals surface area (Å²) in [6.45, 7) is 2.44. The third-order valence-electron chi connectivity index (χ3n) is 4.65. The third-order valence-corrected chi connectivity index (χ3v) is 5.41. The Balaban J connectivity index is 1.52. The van der Waals surface area contributed by atoms with Gasteiger partial charge in [-0.25, -0.2) is 9.67 Å². The highest BCUT2D eigenvalue weighted by Crippen LogP contribution is 2.30. The topological polar surface area (TPSA) is 76.9 Å². The number of amides is 1. The number of rotatable bonds is 5. The molecule has 0 radical (unpaired) electrons. The molecule has 0 saturated heterocycles. The standard InChI is InChI=1S/C20H20N4O2S/c1-2-10-24-18(25)9-8-16(23-24)19(26)22-20-21-17(12-27-20)15-7-6-13-4-3-5-14(13)11-15/h6-9,11-12H,2-5,10H2,1H3,(H,21,22,26). The van der Waals surface area contributed by atoms with E-state index in [0.717, 1.165) is 30.5 Å². The Morgan fingerprint density at radius 3 is 2.93 bits per heavy atom. The lowest BCUT2D eigenvalue weighted by Crippen LogP contribution is -2.26. The molecule has 3 aromatic rings. The van der Waals surface area contributed by atoms with Crippen LogP contribution in [0.3, 0.4) is 0 Å². The summed E-state index contributed by atoms with van der Waals surface area (Å²) in [5, 5.41) is 9.37. The van der Waals surface area contributed by atoms with Crippen molar-refractivity contribution >= 4 is 22.4 Å². The van der Waals surface area contributed by atoms with Crippen LogP contribution in [0.15, 0.2) is 40.5 Å². The number of hydrogen-bond acceptors (Lipinski definition) is 5. The van der Waals surface area contributed by atoms with Gasteiger partial charge in [0.1, 0.15) is 5.69 Å². The van der Waals surface area contributed by atoms with Gasteiger partial charge < -0.3 is 0 Å². The molecule has 27 heavy (non-hydrogen) atoms. The van der Waals surface area contributed by atoms with E-state index in [9.17, 15) is 9.59 Å². The summed E-state index contributed by atoms with van der Waals surface area (Å²) in [7, 11) is 0. The van der Waals surface area contributed by atoms with Gasteiger partial charge in [0.2, 0.25) is 0 Å². The largest absolute Gasteiger partial charge is 0.296 e. The average molecular weight is 380 g/mol. The first-order valence-corrected chi connectivity index (χ1v) is 9.99. The number of nitrogens with zero attached hydrogens (tertiary/aromatic N) is 3. The fourth-order valence-corrected chi connectivity index (χ4v) is 4.01. The van der Waals surface area contributed by atoms with Crippen molar-refractivity contribution in [3.63, 3.8) is 0 Å². The zero-order valence-electron chi connectivity index (χ0n) is 15.1. The van der Waals surface area contributed by atoms with Gasteiger partial charge in [-0.1, -0.05) is 19.1 Å². The van der Waals surface area contributed by atoms with Crippen molar-refractivity contribution in [1.82, 2.24) is 14.8 Å². The van der Waals surface area contributed by atoms with Crippen LogP contribution < -0.4 is 10.9 Å². The van der Waals surface area contributed by atoms with Crippen molar-refractivity contribution < 1.29 is 4.79 Å². The number of fused-ring (bicyclic) bond motifs is 1. The Labute approximate surface area is 160 Å². The van der Waals surface area contributed by atoms with Gasteiger partial charge in [-0.2, -0.15) is 5.10 Å². The number of hydrogen-bond donors (Lipinski definition) is 1. The van der Waals surface area contributed by atoms with Crippen molar-refractivity contribution in [3.05, 3.63) is 62.9 Å². The predicted molar refractivity (Wildman–Crippen MR) is 106 cm³/mol. The van der Waals surface area contributed by atoms with Gasteiger partial charge in [0.05, 0.1) is 5.69 Å². The zero-order chi connectivity index (χ0) is 18.8. The van der Waals surface area contributed by atoms with E-state index < -0.39 is 0 Å². The van der Waals surface area contributed by atoms with Crippen LogP contribution in [0.5, 0.6) is 0 Å². The van der Waals surface area contributed by atoms with E-state index in [1.807, 2.05) is 12.3 Å². The Kier molecular flexibility index (Phi) is 4.85. The Morgan fingerprint density at radius 1 is 1.22 bits per heavy atom. The van der Waals surface area contributed by atoms with Crippen molar-refractivity contribution in [3.8, 4) is 11.3 Å². The summed E-state index contributed by atoms with van der Waals surface area (Å²) in [6.07, 6.45) is 4.26. The minimum atomic E-state index is -0.366. The molecular weight excluding hydrogens is 360 g/mol. The van der Waals surface area contributed by atoms with Crippen LogP contribution in [0.1, 0.15) is 41.4 Å². The Morgan fingerprint density at radius 2 is 2.07 bits per heavy atom. The molecule has 1 N–H and O–H groups in total. The minimum Gasteiger partial charge on any atom is -0.296 e. The molecule has 1 aliphatic carbocycles. The summed E-state index contributed by atoms with van der Waals surface area (Å²) >= 11 is 1.38. The van der Waals surface area contributed by atoms with Crippen LogP contribution in [0.2, 0.25) is 0 Å². The molecular formula is C20H20N4O2S. The molecule has 0 atom stereocenters. The fourth-order valence-electron chi connectivity index (χ4n) is 3.30. The number of aryl methyl sites for hydroxylation is 3. The van der Waals surface area contributed by atoms with Crippen LogP contribution in [0, 0.1) is 0 Å². The molecule has 7 heteroatoms. The first kappa shape index (κ1) is 17.6. The van der Waals surface area contributed by atoms with E-state index in [4.69, 9.17) is 0 Å². The van der Waals surface area contributed by atoms with E-state index in [-0.39, 0.29) is 17.2 Å². The van der Waals surface area contributed by atoms with E-state index in [0.29, 0.717) is 11.7 Å². The molecule has 2 aromatic heterocycles. The molecule has 0 fully saturated rings. The van der Waals surface area contributed by atoms with Gasteiger partial charge >= 0.3 is 0 Å². The maximum absolute atomic E-state index is 12.5. The second-order valence-electron chi connectivity index (χ2n) is 6.61. The Bertz CT molecular complexity index is 1050. The molecule has 1 aromatic carbocycles. The Hall–Kier alpha value is -2.80. The van der Waals surface area contributed by atoms with E-state index in [1.165, 1.54) is 45.7 Å². The SMILES string of the molecule is CCCn1nc(C(=O)Nc2nc(-c3ccc4c(c3)CCC4)cs2)ccc1=O. The van der Waals surface area contributed by atoms with E-state index in [1.54, 1.807) is 0 Å². The van der Waals surface area contributed by atoms with Gasteiger partial charge in [-0.05, 0) is 48.9 Å².